The summed E-state index contributed by atoms with van der Waals surface area (Å²) in [6.45, 7) is 0. The largest absolute Gasteiger partial charge is 0.478 e. The second-order valence-electron chi connectivity index (χ2n) is 4.37. The maximum absolute atomic E-state index is 11.5. The van der Waals surface area contributed by atoms with Crippen molar-refractivity contribution in [1.29, 1.82) is 0 Å². The lowest BCUT2D eigenvalue weighted by Gasteiger charge is -2.11. The molecule has 0 radical (unpaired) electrons. The van der Waals surface area contributed by atoms with Crippen LogP contribution in [0, 0.1) is 0 Å². The average Bonchev–Trinajstić information content (AvgIpc) is 2.55. The van der Waals surface area contributed by atoms with Crippen LogP contribution in [0.25, 0.3) is 22.4 Å². The zero-order valence-corrected chi connectivity index (χ0v) is 11.0. The Kier molecular flexibility index (Phi) is 3.39. The maximum Gasteiger partial charge on any atom is 0.336 e. The smallest absolute Gasteiger partial charge is 0.336 e. The normalized spacial score (nSPS) is 10.3. The topological polar surface area (TPSA) is 76.0 Å². The maximum atomic E-state index is 11.5. The van der Waals surface area contributed by atoms with Crippen molar-refractivity contribution in [3.8, 4) is 22.4 Å². The molecule has 3 aromatic heterocycles. The van der Waals surface area contributed by atoms with Gasteiger partial charge in [0.15, 0.2) is 0 Å². The van der Waals surface area contributed by atoms with E-state index in [4.69, 9.17) is 0 Å². The first-order valence-electron chi connectivity index (χ1n) is 6.30. The number of carboxylic acids is 1. The minimum atomic E-state index is -0.999. The van der Waals surface area contributed by atoms with Crippen molar-refractivity contribution in [2.75, 3.05) is 0 Å². The van der Waals surface area contributed by atoms with Crippen molar-refractivity contribution in [2.24, 2.45) is 0 Å². The van der Waals surface area contributed by atoms with E-state index in [1.54, 1.807) is 36.9 Å². The monoisotopic (exact) mass is 277 g/mol. The van der Waals surface area contributed by atoms with Gasteiger partial charge in [-0.2, -0.15) is 0 Å². The van der Waals surface area contributed by atoms with E-state index in [-0.39, 0.29) is 5.56 Å². The van der Waals surface area contributed by atoms with Crippen molar-refractivity contribution in [1.82, 2.24) is 15.0 Å². The number of hydrogen-bond acceptors (Lipinski definition) is 4. The number of nitrogens with zero attached hydrogens (tertiary/aromatic N) is 3. The summed E-state index contributed by atoms with van der Waals surface area (Å²) in [5.74, 6) is -0.999. The molecule has 0 fully saturated rings. The van der Waals surface area contributed by atoms with Gasteiger partial charge in [0.05, 0.1) is 11.3 Å². The van der Waals surface area contributed by atoms with Crippen LogP contribution in [-0.2, 0) is 0 Å². The molecule has 0 aromatic carbocycles. The number of pyridine rings is 3. The highest BCUT2D eigenvalue weighted by Crippen LogP contribution is 2.32. The molecule has 1 N–H and O–H groups in total. The average molecular weight is 277 g/mol. The molecular weight excluding hydrogens is 266 g/mol. The van der Waals surface area contributed by atoms with E-state index < -0.39 is 5.97 Å². The predicted octanol–water partition coefficient (Wildman–Crippen LogP) is 2.90. The van der Waals surface area contributed by atoms with Gasteiger partial charge in [0.2, 0.25) is 0 Å². The zero-order valence-electron chi connectivity index (χ0n) is 11.0. The number of carbonyl (C=O) groups is 1. The van der Waals surface area contributed by atoms with Crippen LogP contribution in [-0.4, -0.2) is 26.0 Å². The van der Waals surface area contributed by atoms with Crippen molar-refractivity contribution in [2.45, 2.75) is 0 Å². The summed E-state index contributed by atoms with van der Waals surface area (Å²) >= 11 is 0. The van der Waals surface area contributed by atoms with Gasteiger partial charge >= 0.3 is 5.97 Å². The van der Waals surface area contributed by atoms with Crippen molar-refractivity contribution < 1.29 is 9.90 Å². The van der Waals surface area contributed by atoms with Crippen LogP contribution in [0.5, 0.6) is 0 Å². The molecule has 0 saturated heterocycles. The van der Waals surface area contributed by atoms with Gasteiger partial charge in [-0.15, -0.1) is 0 Å². The highest BCUT2D eigenvalue weighted by molar-refractivity contribution is 6.00. The third-order valence-corrected chi connectivity index (χ3v) is 3.07. The zero-order chi connectivity index (χ0) is 14.7. The predicted molar refractivity (Wildman–Crippen MR) is 77.7 cm³/mol. The summed E-state index contributed by atoms with van der Waals surface area (Å²) in [6, 6.07) is 8.71. The highest BCUT2D eigenvalue weighted by atomic mass is 16.4. The van der Waals surface area contributed by atoms with E-state index >= 15 is 0 Å². The second kappa shape index (κ2) is 5.50. The fourth-order valence-electron chi connectivity index (χ4n) is 2.16. The lowest BCUT2D eigenvalue weighted by Crippen LogP contribution is -2.03. The summed E-state index contributed by atoms with van der Waals surface area (Å²) < 4.78 is 0. The van der Waals surface area contributed by atoms with Crippen LogP contribution >= 0.6 is 0 Å². The molecule has 0 bridgehead atoms. The fraction of sp³-hybridized carbons (Fsp3) is 0. The minimum absolute atomic E-state index is 0.192. The quantitative estimate of drug-likeness (QED) is 0.796. The van der Waals surface area contributed by atoms with E-state index in [2.05, 4.69) is 15.0 Å². The third-order valence-electron chi connectivity index (χ3n) is 3.07. The Morgan fingerprint density at radius 2 is 1.57 bits per heavy atom. The number of aromatic carboxylic acids is 1. The Bertz CT molecular complexity index is 774. The van der Waals surface area contributed by atoms with Crippen LogP contribution in [0.3, 0.4) is 0 Å². The molecule has 0 spiro atoms. The molecule has 0 amide bonds. The molecule has 3 aromatic rings. The van der Waals surface area contributed by atoms with E-state index in [1.807, 2.05) is 12.1 Å². The molecule has 0 unspecified atom stereocenters. The molecule has 0 aliphatic heterocycles. The van der Waals surface area contributed by atoms with Gasteiger partial charge in [-0.05, 0) is 24.3 Å². The van der Waals surface area contributed by atoms with Gasteiger partial charge in [0, 0.05) is 47.7 Å². The first-order valence-corrected chi connectivity index (χ1v) is 6.30. The Morgan fingerprint density at radius 3 is 2.14 bits per heavy atom. The minimum Gasteiger partial charge on any atom is -0.478 e. The highest BCUT2D eigenvalue weighted by Gasteiger charge is 2.18. The van der Waals surface area contributed by atoms with Crippen LogP contribution in [0.1, 0.15) is 10.4 Å². The SMILES string of the molecule is O=C(O)c1ccnc(-c2cccnc2)c1-c1cccnc1. The lowest BCUT2D eigenvalue weighted by atomic mass is 9.96. The van der Waals surface area contributed by atoms with E-state index in [0.29, 0.717) is 16.8 Å². The van der Waals surface area contributed by atoms with Crippen molar-refractivity contribution in [3.05, 3.63) is 66.9 Å². The van der Waals surface area contributed by atoms with Gasteiger partial charge in [-0.3, -0.25) is 15.0 Å². The Labute approximate surface area is 121 Å². The van der Waals surface area contributed by atoms with Crippen LogP contribution in [0.4, 0.5) is 0 Å². The lowest BCUT2D eigenvalue weighted by molar-refractivity contribution is 0.0697. The van der Waals surface area contributed by atoms with Gasteiger partial charge in [0.1, 0.15) is 0 Å². The third kappa shape index (κ3) is 2.49. The molecular formula is C16H11N3O2. The van der Waals surface area contributed by atoms with Crippen LogP contribution in [0.2, 0.25) is 0 Å². The van der Waals surface area contributed by atoms with Gasteiger partial charge < -0.3 is 5.11 Å². The molecule has 0 atom stereocenters. The number of aromatic nitrogens is 3. The number of hydrogen-bond donors (Lipinski definition) is 1. The van der Waals surface area contributed by atoms with Crippen molar-refractivity contribution in [3.63, 3.8) is 0 Å². The van der Waals surface area contributed by atoms with Gasteiger partial charge in [-0.1, -0.05) is 6.07 Å². The molecule has 5 heteroatoms. The summed E-state index contributed by atoms with van der Waals surface area (Å²) in [5, 5.41) is 9.43. The molecule has 21 heavy (non-hydrogen) atoms. The Balaban J connectivity index is 2.31. The summed E-state index contributed by atoms with van der Waals surface area (Å²) in [4.78, 5) is 24.0. The number of rotatable bonds is 3. The molecule has 3 rings (SSSR count). The van der Waals surface area contributed by atoms with E-state index in [0.717, 1.165) is 5.56 Å². The van der Waals surface area contributed by atoms with Crippen LogP contribution in [0.15, 0.2) is 61.3 Å². The molecule has 0 aliphatic rings. The Hall–Kier alpha value is -3.08. The fourth-order valence-corrected chi connectivity index (χ4v) is 2.16. The molecule has 102 valence electrons. The van der Waals surface area contributed by atoms with E-state index in [1.165, 1.54) is 12.3 Å². The standard InChI is InChI=1S/C16H11N3O2/c20-16(21)13-5-8-19-15(12-4-2-7-18-10-12)14(13)11-3-1-6-17-9-11/h1-10H,(H,20,21). The molecule has 0 aliphatic carbocycles. The van der Waals surface area contributed by atoms with Gasteiger partial charge in [0.25, 0.3) is 0 Å². The first kappa shape index (κ1) is 12.9. The molecule has 5 nitrogen and oxygen atoms in total. The number of carboxylic acid groups (broad SMARTS) is 1. The second-order valence-corrected chi connectivity index (χ2v) is 4.37. The van der Waals surface area contributed by atoms with Crippen molar-refractivity contribution >= 4 is 5.97 Å². The van der Waals surface area contributed by atoms with E-state index in [9.17, 15) is 9.90 Å². The summed E-state index contributed by atoms with van der Waals surface area (Å²) in [6.07, 6.45) is 8.08. The summed E-state index contributed by atoms with van der Waals surface area (Å²) in [7, 11) is 0. The molecule has 3 heterocycles. The van der Waals surface area contributed by atoms with Gasteiger partial charge in [-0.25, -0.2) is 4.79 Å². The molecule has 0 saturated carbocycles. The van der Waals surface area contributed by atoms with Crippen LogP contribution < -0.4 is 0 Å². The Morgan fingerprint density at radius 1 is 0.905 bits per heavy atom. The first-order chi connectivity index (χ1) is 10.3. The summed E-state index contributed by atoms with van der Waals surface area (Å²) in [5.41, 5.74) is 2.79.